The van der Waals surface area contributed by atoms with E-state index in [1.165, 1.54) is 33.1 Å². The lowest BCUT2D eigenvalue weighted by atomic mass is 10.0. The van der Waals surface area contributed by atoms with Gasteiger partial charge in [0.1, 0.15) is 5.57 Å². The predicted molar refractivity (Wildman–Crippen MR) is 86.3 cm³/mol. The Morgan fingerprint density at radius 3 is 2.29 bits per heavy atom. The molecule has 0 aliphatic carbocycles. The van der Waals surface area contributed by atoms with Crippen LogP contribution in [0.25, 0.3) is 6.08 Å². The number of phenolic OH excluding ortho intramolecular Hbond substituents is 1. The first-order valence-electron chi connectivity index (χ1n) is 7.36. The van der Waals surface area contributed by atoms with Crippen LogP contribution in [0.1, 0.15) is 25.0 Å². The molecule has 1 fully saturated rings. The van der Waals surface area contributed by atoms with Crippen molar-refractivity contribution in [1.82, 2.24) is 4.90 Å². The van der Waals surface area contributed by atoms with Crippen LogP contribution in [0.3, 0.4) is 0 Å². The fourth-order valence-electron chi connectivity index (χ4n) is 2.33. The van der Waals surface area contributed by atoms with E-state index in [0.717, 1.165) is 0 Å². The number of ether oxygens (including phenoxy) is 3. The molecule has 1 heterocycles. The number of rotatable bonds is 4. The number of hydrogen-bond acceptors (Lipinski definition) is 7. The molecular weight excluding hydrogens is 314 g/mol. The SMILES string of the molecule is COc1cc(C=C2C(=O)OC(C)(C)OC2=O)cc(CN(C)C)c1O. The van der Waals surface area contributed by atoms with Crippen LogP contribution in [-0.4, -0.2) is 48.9 Å². The molecule has 1 aromatic carbocycles. The zero-order valence-electron chi connectivity index (χ0n) is 14.4. The lowest BCUT2D eigenvalue weighted by Gasteiger charge is -2.29. The zero-order chi connectivity index (χ0) is 18.1. The minimum Gasteiger partial charge on any atom is -0.504 e. The normalized spacial score (nSPS) is 16.7. The van der Waals surface area contributed by atoms with E-state index in [4.69, 9.17) is 14.2 Å². The summed E-state index contributed by atoms with van der Waals surface area (Å²) in [6.07, 6.45) is 1.36. The number of methoxy groups -OCH3 is 1. The molecule has 7 nitrogen and oxygen atoms in total. The molecule has 0 amide bonds. The summed E-state index contributed by atoms with van der Waals surface area (Å²) in [5, 5.41) is 10.2. The molecular formula is C17H21NO6. The standard InChI is InChI=1S/C17H21NO6/c1-17(2)23-15(20)12(16(21)24-17)7-10-6-11(9-18(3)4)14(19)13(8-10)22-5/h6-8,19H,9H2,1-5H3. The van der Waals surface area contributed by atoms with Crippen LogP contribution in [0.5, 0.6) is 11.5 Å². The molecule has 0 bridgehead atoms. The Morgan fingerprint density at radius 2 is 1.79 bits per heavy atom. The van der Waals surface area contributed by atoms with Crippen LogP contribution >= 0.6 is 0 Å². The minimum atomic E-state index is -1.28. The highest BCUT2D eigenvalue weighted by Crippen LogP contribution is 2.33. The van der Waals surface area contributed by atoms with Gasteiger partial charge < -0.3 is 24.2 Å². The third-order valence-corrected chi connectivity index (χ3v) is 3.31. The third-order valence-electron chi connectivity index (χ3n) is 3.31. The van der Waals surface area contributed by atoms with Crippen LogP contribution in [0.15, 0.2) is 17.7 Å². The Hall–Kier alpha value is -2.54. The number of hydrogen-bond donors (Lipinski definition) is 1. The fourth-order valence-corrected chi connectivity index (χ4v) is 2.33. The van der Waals surface area contributed by atoms with Gasteiger partial charge in [0.15, 0.2) is 11.5 Å². The van der Waals surface area contributed by atoms with Gasteiger partial charge in [-0.05, 0) is 37.9 Å². The molecule has 1 aliphatic heterocycles. The lowest BCUT2D eigenvalue weighted by Crippen LogP contribution is -2.41. The molecule has 7 heteroatoms. The lowest BCUT2D eigenvalue weighted by molar-refractivity contribution is -0.222. The van der Waals surface area contributed by atoms with Gasteiger partial charge in [-0.25, -0.2) is 9.59 Å². The second kappa shape index (κ2) is 6.52. The monoisotopic (exact) mass is 335 g/mol. The maximum Gasteiger partial charge on any atom is 0.348 e. The quantitative estimate of drug-likeness (QED) is 0.509. The summed E-state index contributed by atoms with van der Waals surface area (Å²) in [5.41, 5.74) is 0.909. The number of cyclic esters (lactones) is 2. The van der Waals surface area contributed by atoms with Crippen molar-refractivity contribution in [2.24, 2.45) is 0 Å². The van der Waals surface area contributed by atoms with Gasteiger partial charge in [-0.15, -0.1) is 0 Å². The Balaban J connectivity index is 2.45. The summed E-state index contributed by atoms with van der Waals surface area (Å²) in [7, 11) is 5.14. The average molecular weight is 335 g/mol. The first kappa shape index (κ1) is 17.8. The Morgan fingerprint density at radius 1 is 1.21 bits per heavy atom. The number of phenols is 1. The van der Waals surface area contributed by atoms with Gasteiger partial charge >= 0.3 is 11.9 Å². The van der Waals surface area contributed by atoms with E-state index in [2.05, 4.69) is 0 Å². The number of nitrogens with zero attached hydrogens (tertiary/aromatic N) is 1. The molecule has 24 heavy (non-hydrogen) atoms. The minimum absolute atomic E-state index is 0.0169. The molecule has 1 aromatic rings. The summed E-state index contributed by atoms with van der Waals surface area (Å²) < 4.78 is 15.3. The van der Waals surface area contributed by atoms with Gasteiger partial charge in [0.25, 0.3) is 5.79 Å². The Bertz CT molecular complexity index is 683. The molecule has 1 saturated heterocycles. The smallest absolute Gasteiger partial charge is 0.348 e. The van der Waals surface area contributed by atoms with Crippen molar-refractivity contribution in [2.45, 2.75) is 26.2 Å². The van der Waals surface area contributed by atoms with Crippen LogP contribution in [0.2, 0.25) is 0 Å². The van der Waals surface area contributed by atoms with E-state index < -0.39 is 17.7 Å². The van der Waals surface area contributed by atoms with Gasteiger partial charge in [0, 0.05) is 26.0 Å². The highest BCUT2D eigenvalue weighted by atomic mass is 16.7. The second-order valence-electron chi connectivity index (χ2n) is 6.21. The molecule has 2 rings (SSSR count). The van der Waals surface area contributed by atoms with Gasteiger partial charge in [0.05, 0.1) is 7.11 Å². The van der Waals surface area contributed by atoms with Gasteiger partial charge in [0.2, 0.25) is 0 Å². The first-order chi connectivity index (χ1) is 11.1. The topological polar surface area (TPSA) is 85.3 Å². The largest absolute Gasteiger partial charge is 0.504 e. The van der Waals surface area contributed by atoms with Gasteiger partial charge in [-0.3, -0.25) is 0 Å². The van der Waals surface area contributed by atoms with Crippen LogP contribution in [0.4, 0.5) is 0 Å². The molecule has 1 aliphatic rings. The van der Waals surface area contributed by atoms with E-state index in [-0.39, 0.29) is 17.1 Å². The van der Waals surface area contributed by atoms with Crippen LogP contribution in [0, 0.1) is 0 Å². The molecule has 0 atom stereocenters. The van der Waals surface area contributed by atoms with Gasteiger partial charge in [-0.2, -0.15) is 0 Å². The molecule has 0 radical (unpaired) electrons. The van der Waals surface area contributed by atoms with Crippen molar-refractivity contribution in [2.75, 3.05) is 21.2 Å². The van der Waals surface area contributed by atoms with Crippen molar-refractivity contribution in [3.8, 4) is 11.5 Å². The maximum absolute atomic E-state index is 12.0. The van der Waals surface area contributed by atoms with Crippen molar-refractivity contribution in [3.05, 3.63) is 28.8 Å². The summed E-state index contributed by atoms with van der Waals surface area (Å²) >= 11 is 0. The summed E-state index contributed by atoms with van der Waals surface area (Å²) in [5.74, 6) is -2.52. The van der Waals surface area contributed by atoms with E-state index in [9.17, 15) is 14.7 Å². The first-order valence-corrected chi connectivity index (χ1v) is 7.36. The number of aromatic hydroxyl groups is 1. The van der Waals surface area contributed by atoms with Crippen LogP contribution in [-0.2, 0) is 25.6 Å². The summed E-state index contributed by atoms with van der Waals surface area (Å²) in [6, 6.07) is 3.20. The Labute approximate surface area is 140 Å². The molecule has 0 aromatic heterocycles. The number of carbonyl (C=O) groups is 2. The van der Waals surface area contributed by atoms with Crippen LogP contribution < -0.4 is 4.74 Å². The summed E-state index contributed by atoms with van der Waals surface area (Å²) in [4.78, 5) is 25.9. The molecule has 0 saturated carbocycles. The summed E-state index contributed by atoms with van der Waals surface area (Å²) in [6.45, 7) is 3.43. The zero-order valence-corrected chi connectivity index (χ0v) is 14.4. The Kier molecular flexibility index (Phi) is 4.84. The van der Waals surface area contributed by atoms with Gasteiger partial charge in [-0.1, -0.05) is 0 Å². The van der Waals surface area contributed by atoms with Crippen molar-refractivity contribution in [1.29, 1.82) is 0 Å². The molecule has 130 valence electrons. The van der Waals surface area contributed by atoms with Crippen molar-refractivity contribution >= 4 is 18.0 Å². The number of benzene rings is 1. The highest BCUT2D eigenvalue weighted by molar-refractivity contribution is 6.18. The van der Waals surface area contributed by atoms with E-state index >= 15 is 0 Å². The van der Waals surface area contributed by atoms with Crippen molar-refractivity contribution < 1.29 is 28.9 Å². The molecule has 0 spiro atoms. The number of esters is 2. The predicted octanol–water partition coefficient (Wildman–Crippen LogP) is 1.68. The van der Waals surface area contributed by atoms with E-state index in [0.29, 0.717) is 17.7 Å². The average Bonchev–Trinajstić information content (AvgIpc) is 2.44. The second-order valence-corrected chi connectivity index (χ2v) is 6.21. The maximum atomic E-state index is 12.0. The highest BCUT2D eigenvalue weighted by Gasteiger charge is 2.38. The van der Waals surface area contributed by atoms with E-state index in [1.54, 1.807) is 6.07 Å². The van der Waals surface area contributed by atoms with E-state index in [1.807, 2.05) is 19.0 Å². The van der Waals surface area contributed by atoms with Crippen molar-refractivity contribution in [3.63, 3.8) is 0 Å². The number of carbonyl (C=O) groups excluding carboxylic acids is 2. The fraction of sp³-hybridized carbons (Fsp3) is 0.412. The molecule has 1 N–H and O–H groups in total. The molecule has 0 unspecified atom stereocenters. The third kappa shape index (κ3) is 3.86.